The van der Waals surface area contributed by atoms with Crippen molar-refractivity contribution in [2.24, 2.45) is 0 Å². The summed E-state index contributed by atoms with van der Waals surface area (Å²) >= 11 is 5.28. The van der Waals surface area contributed by atoms with Crippen molar-refractivity contribution in [3.05, 3.63) is 58.3 Å². The fourth-order valence-corrected chi connectivity index (χ4v) is 3.04. The number of thioether (sulfide) groups is 1. The molecule has 1 heterocycles. The molecule has 2 rings (SSSR count). The second kappa shape index (κ2) is 7.08. The average Bonchev–Trinajstić information content (AvgIpc) is 2.45. The van der Waals surface area contributed by atoms with Gasteiger partial charge in [0.15, 0.2) is 0 Å². The lowest BCUT2D eigenvalue weighted by atomic mass is 10.1. The molecule has 100 valence electrons. The molecule has 2 aromatic rings. The van der Waals surface area contributed by atoms with Gasteiger partial charge in [0.05, 0.1) is 0 Å². The van der Waals surface area contributed by atoms with Crippen molar-refractivity contribution in [1.82, 2.24) is 10.3 Å². The second-order valence-electron chi connectivity index (χ2n) is 4.38. The second-order valence-corrected chi connectivity index (χ2v) is 6.35. The highest BCUT2D eigenvalue weighted by atomic mass is 79.9. The zero-order valence-corrected chi connectivity index (χ0v) is 13.5. The van der Waals surface area contributed by atoms with Gasteiger partial charge in [0.25, 0.3) is 0 Å². The van der Waals surface area contributed by atoms with Gasteiger partial charge in [0.2, 0.25) is 0 Å². The van der Waals surface area contributed by atoms with Crippen LogP contribution in [0.1, 0.15) is 24.1 Å². The molecule has 0 amide bonds. The number of nitrogens with zero attached hydrogens (tertiary/aromatic N) is 1. The predicted molar refractivity (Wildman–Crippen MR) is 85.4 cm³/mol. The molecule has 0 aliphatic carbocycles. The molecule has 0 saturated heterocycles. The van der Waals surface area contributed by atoms with Gasteiger partial charge in [-0.15, -0.1) is 11.8 Å². The van der Waals surface area contributed by atoms with E-state index in [1.807, 2.05) is 31.2 Å². The molecular formula is C15H17BrN2S. The van der Waals surface area contributed by atoms with Crippen LogP contribution in [0, 0.1) is 0 Å². The summed E-state index contributed by atoms with van der Waals surface area (Å²) in [5.74, 6) is 0.934. The third-order valence-electron chi connectivity index (χ3n) is 2.96. The van der Waals surface area contributed by atoms with E-state index in [-0.39, 0.29) is 0 Å². The maximum Gasteiger partial charge on any atom is 0.0410 e. The summed E-state index contributed by atoms with van der Waals surface area (Å²) in [6.07, 6.45) is 3.72. The SMILES string of the molecule is CNC(C)c1cccc(SCc2cncc(Br)c2)c1. The van der Waals surface area contributed by atoms with E-state index in [0.717, 1.165) is 10.2 Å². The van der Waals surface area contributed by atoms with Gasteiger partial charge >= 0.3 is 0 Å². The highest BCUT2D eigenvalue weighted by Gasteiger charge is 2.04. The van der Waals surface area contributed by atoms with Gasteiger partial charge < -0.3 is 5.32 Å². The zero-order chi connectivity index (χ0) is 13.7. The van der Waals surface area contributed by atoms with E-state index >= 15 is 0 Å². The Morgan fingerprint density at radius 3 is 2.89 bits per heavy atom. The van der Waals surface area contributed by atoms with E-state index in [1.165, 1.54) is 16.0 Å². The fourth-order valence-electron chi connectivity index (χ4n) is 1.74. The van der Waals surface area contributed by atoms with Crippen molar-refractivity contribution in [1.29, 1.82) is 0 Å². The summed E-state index contributed by atoms with van der Waals surface area (Å²) in [5.41, 5.74) is 2.55. The Morgan fingerprint density at radius 1 is 1.32 bits per heavy atom. The molecule has 4 heteroatoms. The van der Waals surface area contributed by atoms with Crippen molar-refractivity contribution in [3.63, 3.8) is 0 Å². The number of hydrogen-bond acceptors (Lipinski definition) is 3. The maximum atomic E-state index is 4.19. The van der Waals surface area contributed by atoms with E-state index in [1.54, 1.807) is 0 Å². The van der Waals surface area contributed by atoms with Gasteiger partial charge in [-0.2, -0.15) is 0 Å². The number of benzene rings is 1. The van der Waals surface area contributed by atoms with Crippen LogP contribution in [0.15, 0.2) is 52.1 Å². The molecule has 1 atom stereocenters. The molecule has 0 saturated carbocycles. The van der Waals surface area contributed by atoms with E-state index in [0.29, 0.717) is 6.04 Å². The number of nitrogens with one attached hydrogen (secondary N) is 1. The quantitative estimate of drug-likeness (QED) is 0.818. The minimum atomic E-state index is 0.382. The summed E-state index contributed by atoms with van der Waals surface area (Å²) < 4.78 is 1.03. The van der Waals surface area contributed by atoms with Crippen LogP contribution >= 0.6 is 27.7 Å². The topological polar surface area (TPSA) is 24.9 Å². The van der Waals surface area contributed by atoms with Crippen molar-refractivity contribution >= 4 is 27.7 Å². The lowest BCUT2D eigenvalue weighted by Crippen LogP contribution is -2.11. The first-order valence-electron chi connectivity index (χ1n) is 6.18. The minimum Gasteiger partial charge on any atom is -0.313 e. The molecule has 0 spiro atoms. The first kappa shape index (κ1) is 14.6. The highest BCUT2D eigenvalue weighted by Crippen LogP contribution is 2.26. The molecule has 1 unspecified atom stereocenters. The Bertz CT molecular complexity index is 545. The largest absolute Gasteiger partial charge is 0.313 e. The lowest BCUT2D eigenvalue weighted by molar-refractivity contribution is 0.651. The number of rotatable bonds is 5. The van der Waals surface area contributed by atoms with Crippen LogP contribution in [0.3, 0.4) is 0 Å². The van der Waals surface area contributed by atoms with Gasteiger partial charge in [-0.25, -0.2) is 0 Å². The Kier molecular flexibility index (Phi) is 5.43. The van der Waals surface area contributed by atoms with E-state index in [2.05, 4.69) is 63.5 Å². The fraction of sp³-hybridized carbons (Fsp3) is 0.267. The Labute approximate surface area is 127 Å². The molecule has 2 nitrogen and oxygen atoms in total. The first-order chi connectivity index (χ1) is 9.19. The minimum absolute atomic E-state index is 0.382. The van der Waals surface area contributed by atoms with Gasteiger partial charge in [-0.05, 0) is 59.2 Å². The first-order valence-corrected chi connectivity index (χ1v) is 7.96. The van der Waals surface area contributed by atoms with Gasteiger partial charge in [-0.3, -0.25) is 4.98 Å². The Balaban J connectivity index is 2.03. The number of pyridine rings is 1. The van der Waals surface area contributed by atoms with Gasteiger partial charge in [0, 0.05) is 33.6 Å². The predicted octanol–water partition coefficient (Wildman–Crippen LogP) is 4.42. The standard InChI is InChI=1S/C15H17BrN2S/c1-11(17-2)13-4-3-5-15(7-13)19-10-12-6-14(16)9-18-8-12/h3-9,11,17H,10H2,1-2H3. The van der Waals surface area contributed by atoms with E-state index in [9.17, 15) is 0 Å². The van der Waals surface area contributed by atoms with Crippen molar-refractivity contribution < 1.29 is 0 Å². The molecule has 0 bridgehead atoms. The molecule has 0 radical (unpaired) electrons. The van der Waals surface area contributed by atoms with Crippen LogP contribution in [-0.2, 0) is 5.75 Å². The molecule has 0 aliphatic heterocycles. The summed E-state index contributed by atoms with van der Waals surface area (Å²) in [6.45, 7) is 2.17. The maximum absolute atomic E-state index is 4.19. The highest BCUT2D eigenvalue weighted by molar-refractivity contribution is 9.10. The molecule has 19 heavy (non-hydrogen) atoms. The van der Waals surface area contributed by atoms with Crippen LogP contribution < -0.4 is 5.32 Å². The van der Waals surface area contributed by atoms with Crippen molar-refractivity contribution in [2.75, 3.05) is 7.05 Å². The summed E-state index contributed by atoms with van der Waals surface area (Å²) in [7, 11) is 1.98. The number of hydrogen-bond donors (Lipinski definition) is 1. The third-order valence-corrected chi connectivity index (χ3v) is 4.46. The van der Waals surface area contributed by atoms with Gasteiger partial charge in [0.1, 0.15) is 0 Å². The summed E-state index contributed by atoms with van der Waals surface area (Å²) in [4.78, 5) is 5.48. The molecule has 0 fully saturated rings. The van der Waals surface area contributed by atoms with E-state index < -0.39 is 0 Å². The van der Waals surface area contributed by atoms with Crippen LogP contribution in [0.25, 0.3) is 0 Å². The normalized spacial score (nSPS) is 12.4. The third kappa shape index (κ3) is 4.34. The van der Waals surface area contributed by atoms with Crippen LogP contribution in [0.5, 0.6) is 0 Å². The number of halogens is 1. The summed E-state index contributed by atoms with van der Waals surface area (Å²) in [5, 5.41) is 3.26. The van der Waals surface area contributed by atoms with Crippen molar-refractivity contribution in [2.45, 2.75) is 23.6 Å². The monoisotopic (exact) mass is 336 g/mol. The molecule has 1 aromatic carbocycles. The molecular weight excluding hydrogens is 320 g/mol. The van der Waals surface area contributed by atoms with Crippen LogP contribution in [-0.4, -0.2) is 12.0 Å². The molecule has 1 aromatic heterocycles. The Morgan fingerprint density at radius 2 is 2.16 bits per heavy atom. The zero-order valence-electron chi connectivity index (χ0n) is 11.1. The smallest absolute Gasteiger partial charge is 0.0410 e. The van der Waals surface area contributed by atoms with Crippen molar-refractivity contribution in [3.8, 4) is 0 Å². The van der Waals surface area contributed by atoms with Gasteiger partial charge in [-0.1, -0.05) is 12.1 Å². The summed E-state index contributed by atoms with van der Waals surface area (Å²) in [6, 6.07) is 11.2. The Hall–Kier alpha value is -0.840. The lowest BCUT2D eigenvalue weighted by Gasteiger charge is -2.11. The molecule has 1 N–H and O–H groups in total. The van der Waals surface area contributed by atoms with Crippen LogP contribution in [0.2, 0.25) is 0 Å². The number of aromatic nitrogens is 1. The van der Waals surface area contributed by atoms with Crippen LogP contribution in [0.4, 0.5) is 0 Å². The average molecular weight is 337 g/mol. The molecule has 0 aliphatic rings. The van der Waals surface area contributed by atoms with E-state index in [4.69, 9.17) is 0 Å².